The highest BCUT2D eigenvalue weighted by molar-refractivity contribution is 8.93. The molecule has 0 atom stereocenters. The van der Waals surface area contributed by atoms with Gasteiger partial charge >= 0.3 is 0 Å². The Morgan fingerprint density at radius 3 is 2.39 bits per heavy atom. The molecule has 1 saturated carbocycles. The normalized spacial score (nSPS) is 20.1. The van der Waals surface area contributed by atoms with E-state index in [9.17, 15) is 0 Å². The number of halogens is 1. The minimum atomic E-state index is 0. The Morgan fingerprint density at radius 1 is 1.09 bits per heavy atom. The molecule has 2 aliphatic rings. The summed E-state index contributed by atoms with van der Waals surface area (Å²) in [5.74, 6) is 0.616. The van der Waals surface area contributed by atoms with Gasteiger partial charge in [0.2, 0.25) is 0 Å². The molecule has 0 unspecified atom stereocenters. The van der Waals surface area contributed by atoms with Crippen molar-refractivity contribution in [3.05, 3.63) is 35.9 Å². The summed E-state index contributed by atoms with van der Waals surface area (Å²) >= 11 is 0. The van der Waals surface area contributed by atoms with Gasteiger partial charge in [0.25, 0.3) is 0 Å². The fourth-order valence-corrected chi connectivity index (χ4v) is 2.81. The molecule has 3 rings (SSSR count). The molecule has 5 nitrogen and oxygen atoms in total. The van der Waals surface area contributed by atoms with E-state index >= 15 is 0 Å². The molecule has 3 N–H and O–H groups in total. The van der Waals surface area contributed by atoms with Gasteiger partial charge in [0.05, 0.1) is 6.54 Å². The number of nitrogens with zero attached hydrogens (tertiary/aromatic N) is 3. The van der Waals surface area contributed by atoms with Crippen LogP contribution in [0.15, 0.2) is 35.3 Å². The zero-order chi connectivity index (χ0) is 15.2. The lowest BCUT2D eigenvalue weighted by Gasteiger charge is -2.34. The zero-order valence-electron chi connectivity index (χ0n) is 13.7. The lowest BCUT2D eigenvalue weighted by Crippen LogP contribution is -2.46. The molecule has 1 saturated heterocycles. The first-order valence-electron chi connectivity index (χ1n) is 8.35. The van der Waals surface area contributed by atoms with E-state index in [2.05, 4.69) is 50.4 Å². The van der Waals surface area contributed by atoms with E-state index in [0.717, 1.165) is 45.8 Å². The number of piperazine rings is 1. The van der Waals surface area contributed by atoms with E-state index < -0.39 is 0 Å². The number of aliphatic imine (C=N–C) groups is 1. The average Bonchev–Trinajstić information content (AvgIpc) is 3.34. The van der Waals surface area contributed by atoms with Gasteiger partial charge in [-0.1, -0.05) is 30.3 Å². The van der Waals surface area contributed by atoms with E-state index in [-0.39, 0.29) is 17.0 Å². The Bertz CT molecular complexity index is 481. The molecule has 0 radical (unpaired) electrons. The summed E-state index contributed by atoms with van der Waals surface area (Å²) in [4.78, 5) is 9.42. The van der Waals surface area contributed by atoms with Crippen LogP contribution in [-0.2, 0) is 6.54 Å². The predicted molar refractivity (Wildman–Crippen MR) is 101 cm³/mol. The summed E-state index contributed by atoms with van der Waals surface area (Å²) < 4.78 is 0. The maximum absolute atomic E-state index is 5.85. The highest BCUT2D eigenvalue weighted by atomic mass is 79.9. The second-order valence-electron chi connectivity index (χ2n) is 6.29. The molecule has 1 aliphatic heterocycles. The Kier molecular flexibility index (Phi) is 7.33. The van der Waals surface area contributed by atoms with E-state index in [1.165, 1.54) is 18.4 Å². The number of rotatable bonds is 6. The van der Waals surface area contributed by atoms with Gasteiger partial charge in [-0.2, -0.15) is 0 Å². The number of hydrogen-bond donors (Lipinski definition) is 2. The van der Waals surface area contributed by atoms with Gasteiger partial charge < -0.3 is 11.1 Å². The van der Waals surface area contributed by atoms with Crippen molar-refractivity contribution in [3.63, 3.8) is 0 Å². The Morgan fingerprint density at radius 2 is 1.74 bits per heavy atom. The third-order valence-corrected chi connectivity index (χ3v) is 4.34. The first kappa shape index (κ1) is 18.2. The fourth-order valence-electron chi connectivity index (χ4n) is 2.81. The van der Waals surface area contributed by atoms with Crippen molar-refractivity contribution in [1.82, 2.24) is 15.1 Å². The lowest BCUT2D eigenvalue weighted by atomic mass is 10.2. The van der Waals surface area contributed by atoms with Crippen LogP contribution in [0.4, 0.5) is 0 Å². The first-order chi connectivity index (χ1) is 10.8. The van der Waals surface area contributed by atoms with Gasteiger partial charge in [0, 0.05) is 45.3 Å². The fraction of sp³-hybridized carbons (Fsp3) is 0.588. The largest absolute Gasteiger partial charge is 0.370 e. The Balaban J connectivity index is 0.00000192. The number of guanidine groups is 1. The molecule has 0 amide bonds. The van der Waals surface area contributed by atoms with Crippen molar-refractivity contribution in [2.24, 2.45) is 10.7 Å². The molecule has 1 heterocycles. The van der Waals surface area contributed by atoms with Crippen LogP contribution in [-0.4, -0.2) is 61.1 Å². The van der Waals surface area contributed by atoms with Crippen molar-refractivity contribution in [2.45, 2.75) is 25.4 Å². The summed E-state index contributed by atoms with van der Waals surface area (Å²) in [6.07, 6.45) is 2.47. The molecule has 1 aromatic rings. The minimum Gasteiger partial charge on any atom is -0.370 e. The van der Waals surface area contributed by atoms with E-state index in [1.807, 2.05) is 0 Å². The summed E-state index contributed by atoms with van der Waals surface area (Å²) in [5.41, 5.74) is 7.25. The first-order valence-corrected chi connectivity index (χ1v) is 8.35. The van der Waals surface area contributed by atoms with Crippen LogP contribution in [0.1, 0.15) is 18.4 Å². The third-order valence-electron chi connectivity index (χ3n) is 4.34. The standard InChI is InChI=1S/C17H27N5.BrH/c18-17(20-16-6-7-16)19-8-9-21-10-12-22(13-11-21)14-15-4-2-1-3-5-15;/h1-5,16H,6-14H2,(H3,18,19,20);1H. The zero-order valence-corrected chi connectivity index (χ0v) is 15.4. The SMILES string of the molecule is Br.NC(=NCCN1CCN(Cc2ccccc2)CC1)NC1CC1. The summed E-state index contributed by atoms with van der Waals surface area (Å²) in [6, 6.07) is 11.3. The second-order valence-corrected chi connectivity index (χ2v) is 6.29. The van der Waals surface area contributed by atoms with Gasteiger partial charge in [0.15, 0.2) is 5.96 Å². The smallest absolute Gasteiger partial charge is 0.188 e. The van der Waals surface area contributed by atoms with Gasteiger partial charge in [-0.25, -0.2) is 0 Å². The van der Waals surface area contributed by atoms with Crippen molar-refractivity contribution in [3.8, 4) is 0 Å². The highest BCUT2D eigenvalue weighted by Gasteiger charge is 2.21. The van der Waals surface area contributed by atoms with Gasteiger partial charge in [-0.15, -0.1) is 17.0 Å². The van der Waals surface area contributed by atoms with E-state index in [0.29, 0.717) is 12.0 Å². The van der Waals surface area contributed by atoms with Crippen LogP contribution in [0, 0.1) is 0 Å². The predicted octanol–water partition coefficient (Wildman–Crippen LogP) is 1.45. The van der Waals surface area contributed by atoms with Crippen molar-refractivity contribution in [2.75, 3.05) is 39.3 Å². The molecule has 6 heteroatoms. The van der Waals surface area contributed by atoms with Gasteiger partial charge in [-0.3, -0.25) is 14.8 Å². The van der Waals surface area contributed by atoms with Crippen LogP contribution >= 0.6 is 17.0 Å². The van der Waals surface area contributed by atoms with E-state index in [4.69, 9.17) is 5.73 Å². The molecule has 2 fully saturated rings. The molecule has 0 aromatic heterocycles. The molecule has 0 bridgehead atoms. The topological polar surface area (TPSA) is 56.9 Å². The maximum atomic E-state index is 5.85. The Hall–Kier alpha value is -1.11. The van der Waals surface area contributed by atoms with E-state index in [1.54, 1.807) is 0 Å². The van der Waals surface area contributed by atoms with Crippen molar-refractivity contribution in [1.29, 1.82) is 0 Å². The van der Waals surface area contributed by atoms with Crippen molar-refractivity contribution >= 4 is 22.9 Å². The third kappa shape index (κ3) is 6.49. The minimum absolute atomic E-state index is 0. The Labute approximate surface area is 149 Å². The molecule has 128 valence electrons. The van der Waals surface area contributed by atoms with Crippen molar-refractivity contribution < 1.29 is 0 Å². The maximum Gasteiger partial charge on any atom is 0.188 e. The monoisotopic (exact) mass is 381 g/mol. The summed E-state index contributed by atoms with van der Waals surface area (Å²) in [5, 5.41) is 3.23. The quantitative estimate of drug-likeness (QED) is 0.578. The van der Waals surface area contributed by atoms with Crippen LogP contribution in [0.25, 0.3) is 0 Å². The molecular weight excluding hydrogens is 354 g/mol. The number of nitrogens with two attached hydrogens (primary N) is 1. The molecule has 1 aromatic carbocycles. The number of nitrogens with one attached hydrogen (secondary N) is 1. The molecule has 0 spiro atoms. The summed E-state index contributed by atoms with van der Waals surface area (Å²) in [7, 11) is 0. The van der Waals surface area contributed by atoms with Crippen LogP contribution in [0.2, 0.25) is 0 Å². The summed E-state index contributed by atoms with van der Waals surface area (Å²) in [6.45, 7) is 7.38. The van der Waals surface area contributed by atoms with Gasteiger partial charge in [0.1, 0.15) is 0 Å². The average molecular weight is 382 g/mol. The van der Waals surface area contributed by atoms with Gasteiger partial charge in [-0.05, 0) is 18.4 Å². The number of hydrogen-bond acceptors (Lipinski definition) is 3. The molecule has 23 heavy (non-hydrogen) atoms. The molecular formula is C17H28BrN5. The number of benzene rings is 1. The van der Waals surface area contributed by atoms with Crippen LogP contribution in [0.3, 0.4) is 0 Å². The highest BCUT2D eigenvalue weighted by Crippen LogP contribution is 2.17. The van der Waals surface area contributed by atoms with Crippen LogP contribution < -0.4 is 11.1 Å². The molecule has 1 aliphatic carbocycles. The second kappa shape index (κ2) is 9.25. The lowest BCUT2D eigenvalue weighted by molar-refractivity contribution is 0.130. The van der Waals surface area contributed by atoms with Crippen LogP contribution in [0.5, 0.6) is 0 Å².